The van der Waals surface area contributed by atoms with Gasteiger partial charge in [0.15, 0.2) is 0 Å². The number of nitrogens with one attached hydrogen (secondary N) is 1. The molecule has 0 heterocycles. The van der Waals surface area contributed by atoms with Crippen molar-refractivity contribution in [2.24, 2.45) is 0 Å². The molecule has 14 heteroatoms. The monoisotopic (exact) mass is 689 g/mol. The van der Waals surface area contributed by atoms with Crippen LogP contribution in [0.3, 0.4) is 0 Å². The molecular formula is C35H47NO13. The summed E-state index contributed by atoms with van der Waals surface area (Å²) >= 11 is 0. The zero-order chi connectivity index (χ0) is 34.9. The van der Waals surface area contributed by atoms with E-state index in [2.05, 4.69) is 29.6 Å². The molecule has 1 amide bonds. The van der Waals surface area contributed by atoms with Crippen molar-refractivity contribution in [2.45, 2.75) is 25.2 Å². The summed E-state index contributed by atoms with van der Waals surface area (Å²) in [6, 6.07) is 16.5. The number of carboxylic acids is 1. The third kappa shape index (κ3) is 15.9. The van der Waals surface area contributed by atoms with E-state index in [1.54, 1.807) is 0 Å². The molecule has 14 nitrogen and oxygen atoms in total. The van der Waals surface area contributed by atoms with Crippen molar-refractivity contribution in [3.05, 3.63) is 59.7 Å². The first-order valence-electron chi connectivity index (χ1n) is 16.4. The number of rotatable bonds is 28. The van der Waals surface area contributed by atoms with Crippen LogP contribution in [0.2, 0.25) is 0 Å². The highest BCUT2D eigenvalue weighted by atomic mass is 16.6. The highest BCUT2D eigenvalue weighted by molar-refractivity contribution is 6.32. The maximum atomic E-state index is 12.2. The average Bonchev–Trinajstić information content (AvgIpc) is 3.43. The molecule has 1 aliphatic rings. The molecule has 1 aliphatic carbocycles. The van der Waals surface area contributed by atoms with Gasteiger partial charge in [-0.1, -0.05) is 48.5 Å². The number of ether oxygens (including phenoxy) is 8. The van der Waals surface area contributed by atoms with Crippen molar-refractivity contribution in [2.75, 3.05) is 99.0 Å². The molecule has 2 aromatic carbocycles. The van der Waals surface area contributed by atoms with Gasteiger partial charge in [0.1, 0.15) is 13.2 Å². The average molecular weight is 690 g/mol. The minimum Gasteiger partial charge on any atom is -0.476 e. The van der Waals surface area contributed by atoms with E-state index in [0.717, 1.165) is 0 Å². The van der Waals surface area contributed by atoms with Gasteiger partial charge in [-0.15, -0.1) is 0 Å². The number of amides is 1. The second kappa shape index (κ2) is 24.3. The van der Waals surface area contributed by atoms with E-state index in [-0.39, 0.29) is 38.6 Å². The van der Waals surface area contributed by atoms with Gasteiger partial charge in [0.25, 0.3) is 0 Å². The second-order valence-electron chi connectivity index (χ2n) is 10.7. The maximum Gasteiger partial charge on any atom is 0.407 e. The summed E-state index contributed by atoms with van der Waals surface area (Å²) in [5, 5.41) is 11.2. The van der Waals surface area contributed by atoms with Crippen molar-refractivity contribution in [1.29, 1.82) is 0 Å². The predicted molar refractivity (Wildman–Crippen MR) is 175 cm³/mol. The molecule has 0 saturated heterocycles. The Morgan fingerprint density at radius 1 is 0.571 bits per heavy atom. The van der Waals surface area contributed by atoms with Gasteiger partial charge in [0, 0.05) is 25.5 Å². The van der Waals surface area contributed by atoms with Crippen LogP contribution in [0.4, 0.5) is 4.79 Å². The largest absolute Gasteiger partial charge is 0.476 e. The van der Waals surface area contributed by atoms with Gasteiger partial charge in [-0.2, -0.15) is 0 Å². The number of hydrogen-bond acceptors (Lipinski definition) is 12. The molecule has 0 unspecified atom stereocenters. The summed E-state index contributed by atoms with van der Waals surface area (Å²) in [7, 11) is 0. The van der Waals surface area contributed by atoms with Gasteiger partial charge in [0.2, 0.25) is 5.78 Å². The summed E-state index contributed by atoms with van der Waals surface area (Å²) in [5.41, 5.74) is 4.76. The molecule has 3 rings (SSSR count). The molecule has 0 fully saturated rings. The first-order chi connectivity index (χ1) is 24.0. The number of aliphatic carboxylic acids is 1. The van der Waals surface area contributed by atoms with Crippen LogP contribution < -0.4 is 5.32 Å². The Morgan fingerprint density at radius 2 is 1.02 bits per heavy atom. The van der Waals surface area contributed by atoms with Crippen molar-refractivity contribution in [1.82, 2.24) is 5.32 Å². The standard InChI is InChI=1S/C35H47NO13/c37-32(34(39)40)10-11-33(38)48-25-24-47-23-22-46-21-20-45-19-18-44-17-16-43-15-14-42-13-5-12-36-35(41)49-26-31-29-8-3-1-6-27(29)28-7-2-4-9-30(28)31/h1-4,6-9,31H,5,10-26H2,(H,36,41)(H,39,40). The molecule has 2 N–H and O–H groups in total. The molecule has 0 atom stereocenters. The Hall–Kier alpha value is -3.92. The fraction of sp³-hybridized carbons (Fsp3) is 0.543. The molecular weight excluding hydrogens is 642 g/mol. The quantitative estimate of drug-likeness (QED) is 0.0759. The van der Waals surface area contributed by atoms with Gasteiger partial charge in [-0.05, 0) is 28.7 Å². The van der Waals surface area contributed by atoms with E-state index < -0.39 is 23.8 Å². The summed E-state index contributed by atoms with van der Waals surface area (Å²) in [5.74, 6) is -3.21. The van der Waals surface area contributed by atoms with E-state index in [1.807, 2.05) is 24.3 Å². The highest BCUT2D eigenvalue weighted by Gasteiger charge is 2.29. The van der Waals surface area contributed by atoms with Crippen molar-refractivity contribution in [3.63, 3.8) is 0 Å². The highest BCUT2D eigenvalue weighted by Crippen LogP contribution is 2.44. The summed E-state index contributed by atoms with van der Waals surface area (Å²) < 4.78 is 42.9. The molecule has 270 valence electrons. The second-order valence-corrected chi connectivity index (χ2v) is 10.7. The summed E-state index contributed by atoms with van der Waals surface area (Å²) in [4.78, 5) is 44.9. The number of carbonyl (C=O) groups is 4. The predicted octanol–water partition coefficient (Wildman–Crippen LogP) is 2.99. The van der Waals surface area contributed by atoms with Crippen molar-refractivity contribution in [3.8, 4) is 11.1 Å². The molecule has 2 aromatic rings. The Labute approximate surface area is 286 Å². The number of carboxylic acid groups (broad SMARTS) is 1. The van der Waals surface area contributed by atoms with Gasteiger partial charge in [-0.3, -0.25) is 9.59 Å². The zero-order valence-electron chi connectivity index (χ0n) is 27.8. The normalized spacial score (nSPS) is 11.9. The summed E-state index contributed by atoms with van der Waals surface area (Å²) in [6.07, 6.45) is -0.437. The van der Waals surface area contributed by atoms with Gasteiger partial charge in [0.05, 0.1) is 79.1 Å². The smallest absolute Gasteiger partial charge is 0.407 e. The van der Waals surface area contributed by atoms with Crippen LogP contribution in [0.1, 0.15) is 36.3 Å². The number of alkyl carbamates (subject to hydrolysis) is 1. The maximum absolute atomic E-state index is 12.2. The molecule has 0 radical (unpaired) electrons. The topological polar surface area (TPSA) is 174 Å². The number of hydrogen-bond donors (Lipinski definition) is 2. The van der Waals surface area contributed by atoms with Gasteiger partial charge in [-0.25, -0.2) is 9.59 Å². The first kappa shape index (κ1) is 39.5. The van der Waals surface area contributed by atoms with Gasteiger partial charge < -0.3 is 48.3 Å². The lowest BCUT2D eigenvalue weighted by Gasteiger charge is -2.14. The van der Waals surface area contributed by atoms with Gasteiger partial charge >= 0.3 is 18.0 Å². The molecule has 0 saturated carbocycles. The third-order valence-corrected chi connectivity index (χ3v) is 7.22. The first-order valence-corrected chi connectivity index (χ1v) is 16.4. The van der Waals surface area contributed by atoms with Crippen LogP contribution in [0, 0.1) is 0 Å². The van der Waals surface area contributed by atoms with Crippen molar-refractivity contribution < 1.29 is 62.2 Å². The van der Waals surface area contributed by atoms with E-state index in [4.69, 9.17) is 43.0 Å². The minimum absolute atomic E-state index is 0.00898. The lowest BCUT2D eigenvalue weighted by Crippen LogP contribution is -2.27. The fourth-order valence-electron chi connectivity index (χ4n) is 4.82. The number of carbonyl (C=O) groups excluding carboxylic acids is 3. The Balaban J connectivity index is 1.00. The summed E-state index contributed by atoms with van der Waals surface area (Å²) in [6.45, 7) is 5.52. The van der Waals surface area contributed by atoms with Crippen LogP contribution >= 0.6 is 0 Å². The van der Waals surface area contributed by atoms with Crippen LogP contribution in [-0.2, 0) is 52.3 Å². The van der Waals surface area contributed by atoms with E-state index >= 15 is 0 Å². The number of fused-ring (bicyclic) bond motifs is 3. The zero-order valence-corrected chi connectivity index (χ0v) is 27.8. The molecule has 49 heavy (non-hydrogen) atoms. The van der Waals surface area contributed by atoms with E-state index in [1.165, 1.54) is 22.3 Å². The number of Topliss-reactive ketones (excluding diaryl/α,β-unsaturated/α-hetero) is 1. The Bertz CT molecular complexity index is 1240. The van der Waals surface area contributed by atoms with Crippen LogP contribution in [-0.4, -0.2) is 128 Å². The lowest BCUT2D eigenvalue weighted by molar-refractivity contribution is -0.151. The number of benzene rings is 2. The Kier molecular flexibility index (Phi) is 19.6. The third-order valence-electron chi connectivity index (χ3n) is 7.22. The van der Waals surface area contributed by atoms with Crippen molar-refractivity contribution >= 4 is 23.8 Å². The van der Waals surface area contributed by atoms with E-state index in [9.17, 15) is 19.2 Å². The molecule has 0 spiro atoms. The number of esters is 1. The SMILES string of the molecule is O=C(CCC(=O)C(=O)O)OCCOCCOCCOCCOCCOCCOCCCNC(=O)OCC1c2ccccc2-c2ccccc21. The van der Waals surface area contributed by atoms with Crippen LogP contribution in [0.15, 0.2) is 48.5 Å². The van der Waals surface area contributed by atoms with Crippen LogP contribution in [0.5, 0.6) is 0 Å². The van der Waals surface area contributed by atoms with Crippen LogP contribution in [0.25, 0.3) is 11.1 Å². The Morgan fingerprint density at radius 3 is 1.51 bits per heavy atom. The molecule has 0 bridgehead atoms. The number of ketones is 1. The van der Waals surface area contributed by atoms with E-state index in [0.29, 0.717) is 85.6 Å². The minimum atomic E-state index is -1.57. The molecule has 0 aliphatic heterocycles. The lowest BCUT2D eigenvalue weighted by atomic mass is 9.98. The molecule has 0 aromatic heterocycles. The fourth-order valence-corrected chi connectivity index (χ4v) is 4.82.